The first-order valence-corrected chi connectivity index (χ1v) is 8.21. The summed E-state index contributed by atoms with van der Waals surface area (Å²) in [5, 5.41) is 6.44. The summed E-state index contributed by atoms with van der Waals surface area (Å²) in [4.78, 5) is 20.3. The van der Waals surface area contributed by atoms with Crippen LogP contribution in [0.1, 0.15) is 12.3 Å². The van der Waals surface area contributed by atoms with Crippen LogP contribution in [0, 0.1) is 0 Å². The average Bonchev–Trinajstić information content (AvgIpc) is 3.16. The van der Waals surface area contributed by atoms with E-state index in [9.17, 15) is 13.6 Å². The highest BCUT2D eigenvalue weighted by molar-refractivity contribution is 5.91. The van der Waals surface area contributed by atoms with Gasteiger partial charge >= 0.3 is 6.61 Å². The molecule has 3 aromatic rings. The zero-order valence-electron chi connectivity index (χ0n) is 14.8. The molecular formula is C18H16F2N4O4. The molecule has 0 saturated heterocycles. The number of hydrogen-bond donors (Lipinski definition) is 1. The maximum atomic E-state index is 12.5. The first kappa shape index (κ1) is 19.2. The van der Waals surface area contributed by atoms with Crippen LogP contribution < -0.4 is 14.8 Å². The molecule has 1 N–H and O–H groups in total. The van der Waals surface area contributed by atoms with E-state index in [0.717, 1.165) is 0 Å². The second-order valence-corrected chi connectivity index (χ2v) is 5.55. The van der Waals surface area contributed by atoms with Gasteiger partial charge in [0.15, 0.2) is 11.5 Å². The first-order valence-electron chi connectivity index (χ1n) is 8.21. The number of methoxy groups -OCH3 is 1. The van der Waals surface area contributed by atoms with Crippen molar-refractivity contribution in [3.8, 4) is 22.9 Å². The van der Waals surface area contributed by atoms with E-state index in [1.54, 1.807) is 24.5 Å². The van der Waals surface area contributed by atoms with Crippen LogP contribution in [-0.4, -0.2) is 34.8 Å². The van der Waals surface area contributed by atoms with Gasteiger partial charge in [-0.3, -0.25) is 9.78 Å². The molecule has 0 aliphatic carbocycles. The van der Waals surface area contributed by atoms with Crippen molar-refractivity contribution in [2.24, 2.45) is 0 Å². The topological polar surface area (TPSA) is 99.4 Å². The van der Waals surface area contributed by atoms with Crippen LogP contribution in [0.3, 0.4) is 0 Å². The maximum absolute atomic E-state index is 12.5. The van der Waals surface area contributed by atoms with Crippen molar-refractivity contribution in [2.45, 2.75) is 19.5 Å². The van der Waals surface area contributed by atoms with Crippen LogP contribution in [-0.2, 0) is 11.2 Å². The average molecular weight is 390 g/mol. The highest BCUT2D eigenvalue weighted by Crippen LogP contribution is 2.31. The Morgan fingerprint density at radius 3 is 2.86 bits per heavy atom. The van der Waals surface area contributed by atoms with E-state index in [0.29, 0.717) is 23.0 Å². The van der Waals surface area contributed by atoms with Crippen LogP contribution in [0.4, 0.5) is 14.5 Å². The number of anilines is 1. The summed E-state index contributed by atoms with van der Waals surface area (Å²) in [5.74, 6) is 0.285. The molecule has 0 bridgehead atoms. The summed E-state index contributed by atoms with van der Waals surface area (Å²) < 4.78 is 39.4. The fraction of sp³-hybridized carbons (Fsp3) is 0.222. The van der Waals surface area contributed by atoms with Crippen LogP contribution in [0.25, 0.3) is 11.4 Å². The predicted octanol–water partition coefficient (Wildman–Crippen LogP) is 3.31. The Kier molecular flexibility index (Phi) is 6.10. The van der Waals surface area contributed by atoms with Crippen molar-refractivity contribution in [1.29, 1.82) is 0 Å². The van der Waals surface area contributed by atoms with Crippen molar-refractivity contribution in [3.05, 3.63) is 48.6 Å². The summed E-state index contributed by atoms with van der Waals surface area (Å²) in [6.45, 7) is -3.01. The summed E-state index contributed by atoms with van der Waals surface area (Å²) in [6.07, 6.45) is 3.51. The fourth-order valence-corrected chi connectivity index (χ4v) is 2.36. The number of carbonyl (C=O) groups excluding carboxylic acids is 1. The van der Waals surface area contributed by atoms with Crippen LogP contribution in [0.15, 0.2) is 47.2 Å². The van der Waals surface area contributed by atoms with E-state index in [2.05, 4.69) is 25.2 Å². The Labute approximate surface area is 158 Å². The molecule has 146 valence electrons. The SMILES string of the molecule is COc1ccc(NC(=O)CCc2nc(-c3cccnc3)no2)cc1OC(F)F. The van der Waals surface area contributed by atoms with Crippen molar-refractivity contribution < 1.29 is 27.6 Å². The number of ether oxygens (including phenoxy) is 2. The number of rotatable bonds is 8. The van der Waals surface area contributed by atoms with Gasteiger partial charge in [0, 0.05) is 42.6 Å². The third-order valence-electron chi connectivity index (χ3n) is 3.62. The van der Waals surface area contributed by atoms with Gasteiger partial charge in [0.2, 0.25) is 17.6 Å². The molecule has 0 radical (unpaired) electrons. The van der Waals surface area contributed by atoms with Crippen molar-refractivity contribution in [2.75, 3.05) is 12.4 Å². The van der Waals surface area contributed by atoms with Crippen molar-refractivity contribution in [1.82, 2.24) is 15.1 Å². The van der Waals surface area contributed by atoms with E-state index in [1.165, 1.54) is 25.3 Å². The van der Waals surface area contributed by atoms with Gasteiger partial charge in [-0.1, -0.05) is 5.16 Å². The molecule has 8 nitrogen and oxygen atoms in total. The van der Waals surface area contributed by atoms with E-state index < -0.39 is 6.61 Å². The Balaban J connectivity index is 1.58. The van der Waals surface area contributed by atoms with Gasteiger partial charge in [-0.15, -0.1) is 0 Å². The zero-order valence-corrected chi connectivity index (χ0v) is 14.8. The van der Waals surface area contributed by atoms with E-state index in [4.69, 9.17) is 9.26 Å². The third kappa shape index (κ3) is 5.00. The highest BCUT2D eigenvalue weighted by atomic mass is 19.3. The predicted molar refractivity (Wildman–Crippen MR) is 94.1 cm³/mol. The number of carbonyl (C=O) groups is 1. The molecule has 3 rings (SSSR count). The minimum Gasteiger partial charge on any atom is -0.493 e. The highest BCUT2D eigenvalue weighted by Gasteiger charge is 2.14. The second kappa shape index (κ2) is 8.89. The zero-order chi connectivity index (χ0) is 19.9. The van der Waals surface area contributed by atoms with Gasteiger partial charge in [-0.2, -0.15) is 13.8 Å². The summed E-state index contributed by atoms with van der Waals surface area (Å²) >= 11 is 0. The third-order valence-corrected chi connectivity index (χ3v) is 3.62. The number of benzene rings is 1. The summed E-state index contributed by atoms with van der Waals surface area (Å²) in [5.41, 5.74) is 0.995. The number of pyridine rings is 1. The van der Waals surface area contributed by atoms with Gasteiger partial charge in [0.25, 0.3) is 0 Å². The molecule has 2 aromatic heterocycles. The fourth-order valence-electron chi connectivity index (χ4n) is 2.36. The number of hydrogen-bond acceptors (Lipinski definition) is 7. The number of nitrogens with one attached hydrogen (secondary N) is 1. The first-order chi connectivity index (χ1) is 13.5. The second-order valence-electron chi connectivity index (χ2n) is 5.55. The van der Waals surface area contributed by atoms with Crippen LogP contribution >= 0.6 is 0 Å². The Hall–Kier alpha value is -3.56. The lowest BCUT2D eigenvalue weighted by molar-refractivity contribution is -0.116. The van der Waals surface area contributed by atoms with Gasteiger partial charge in [0.1, 0.15) is 0 Å². The van der Waals surface area contributed by atoms with E-state index in [1.807, 2.05) is 0 Å². The number of halogens is 2. The normalized spacial score (nSPS) is 10.7. The van der Waals surface area contributed by atoms with Gasteiger partial charge in [-0.25, -0.2) is 0 Å². The largest absolute Gasteiger partial charge is 0.493 e. The monoisotopic (exact) mass is 390 g/mol. The summed E-state index contributed by atoms with van der Waals surface area (Å²) in [6, 6.07) is 7.74. The molecule has 0 spiro atoms. The standard InChI is InChI=1S/C18H16F2N4O4/c1-26-13-5-4-12(9-14(13)27-18(19)20)22-15(25)6-7-16-23-17(24-28-16)11-3-2-8-21-10-11/h2-5,8-10,18H,6-7H2,1H3,(H,22,25). The van der Waals surface area contributed by atoms with Crippen molar-refractivity contribution >= 4 is 11.6 Å². The Bertz CT molecular complexity index is 934. The quantitative estimate of drug-likeness (QED) is 0.630. The molecule has 0 atom stereocenters. The molecule has 1 amide bonds. The molecule has 28 heavy (non-hydrogen) atoms. The molecule has 0 saturated carbocycles. The minimum atomic E-state index is -3.01. The Morgan fingerprint density at radius 2 is 2.14 bits per heavy atom. The lowest BCUT2D eigenvalue weighted by Gasteiger charge is -2.12. The molecule has 2 heterocycles. The smallest absolute Gasteiger partial charge is 0.387 e. The lowest BCUT2D eigenvalue weighted by atomic mass is 10.2. The minimum absolute atomic E-state index is 0.0612. The van der Waals surface area contributed by atoms with Crippen LogP contribution in [0.2, 0.25) is 0 Å². The number of aryl methyl sites for hydroxylation is 1. The van der Waals surface area contributed by atoms with Gasteiger partial charge in [-0.05, 0) is 24.3 Å². The van der Waals surface area contributed by atoms with Crippen LogP contribution in [0.5, 0.6) is 11.5 Å². The van der Waals surface area contributed by atoms with E-state index in [-0.39, 0.29) is 30.2 Å². The number of nitrogens with zero attached hydrogens (tertiary/aromatic N) is 3. The van der Waals surface area contributed by atoms with E-state index >= 15 is 0 Å². The number of aromatic nitrogens is 3. The number of alkyl halides is 2. The Morgan fingerprint density at radius 1 is 1.29 bits per heavy atom. The molecule has 0 fully saturated rings. The van der Waals surface area contributed by atoms with Gasteiger partial charge < -0.3 is 19.3 Å². The van der Waals surface area contributed by atoms with Gasteiger partial charge in [0.05, 0.1) is 7.11 Å². The summed E-state index contributed by atoms with van der Waals surface area (Å²) in [7, 11) is 1.33. The molecule has 1 aromatic carbocycles. The molecule has 0 aliphatic heterocycles. The molecule has 0 unspecified atom stereocenters. The molecule has 10 heteroatoms. The molecular weight excluding hydrogens is 374 g/mol. The number of amides is 1. The molecule has 0 aliphatic rings. The lowest BCUT2D eigenvalue weighted by Crippen LogP contribution is -2.13. The van der Waals surface area contributed by atoms with Crippen molar-refractivity contribution in [3.63, 3.8) is 0 Å². The maximum Gasteiger partial charge on any atom is 0.387 e.